The summed E-state index contributed by atoms with van der Waals surface area (Å²) >= 11 is 0. The van der Waals surface area contributed by atoms with Gasteiger partial charge in [-0.1, -0.05) is 71.9 Å². The van der Waals surface area contributed by atoms with Crippen LogP contribution in [0, 0.1) is 34.5 Å². The predicted octanol–water partition coefficient (Wildman–Crippen LogP) is 5.73. The van der Waals surface area contributed by atoms with Crippen LogP contribution in [0.4, 0.5) is 0 Å². The molecule has 1 N–H and O–H groups in total. The van der Waals surface area contributed by atoms with Crippen LogP contribution in [0.15, 0.2) is 36.4 Å². The van der Waals surface area contributed by atoms with Crippen LogP contribution in [0.1, 0.15) is 66.4 Å². The van der Waals surface area contributed by atoms with Crippen LogP contribution >= 0.6 is 0 Å². The lowest BCUT2D eigenvalue weighted by Crippen LogP contribution is -2.54. The summed E-state index contributed by atoms with van der Waals surface area (Å²) < 4.78 is 6.21. The first-order chi connectivity index (χ1) is 13.6. The molecule has 1 aromatic rings. The van der Waals surface area contributed by atoms with E-state index >= 15 is 0 Å². The van der Waals surface area contributed by atoms with Crippen LogP contribution in [-0.4, -0.2) is 23.3 Å². The van der Waals surface area contributed by atoms with Crippen LogP contribution in [0.5, 0.6) is 0 Å². The second-order valence-corrected chi connectivity index (χ2v) is 10.7. The lowest BCUT2D eigenvalue weighted by atomic mass is 9.62. The molecule has 2 saturated carbocycles. The average molecular weight is 399 g/mol. The molecule has 0 aromatic heterocycles. The Bertz CT molecular complexity index is 736. The van der Waals surface area contributed by atoms with E-state index in [4.69, 9.17) is 4.74 Å². The third-order valence-electron chi connectivity index (χ3n) is 7.80. The average Bonchev–Trinajstić information content (AvgIpc) is 3.00. The maximum atomic E-state index is 12.9. The van der Waals surface area contributed by atoms with Crippen molar-refractivity contribution in [1.29, 1.82) is 0 Å². The molecule has 0 radical (unpaired) electrons. The highest BCUT2D eigenvalue weighted by Gasteiger charge is 2.59. The van der Waals surface area contributed by atoms with Crippen LogP contribution in [-0.2, 0) is 9.53 Å². The van der Waals surface area contributed by atoms with Gasteiger partial charge in [-0.3, -0.25) is 0 Å². The van der Waals surface area contributed by atoms with Gasteiger partial charge in [0.1, 0.15) is 6.10 Å². The Morgan fingerprint density at radius 1 is 1.17 bits per heavy atom. The molecule has 29 heavy (non-hydrogen) atoms. The number of hydrogen-bond donors (Lipinski definition) is 1. The summed E-state index contributed by atoms with van der Waals surface area (Å²) in [7, 11) is 0. The number of rotatable bonds is 4. The Hall–Kier alpha value is -1.61. The van der Waals surface area contributed by atoms with Gasteiger partial charge in [-0.25, -0.2) is 4.79 Å². The van der Waals surface area contributed by atoms with Gasteiger partial charge in [-0.2, -0.15) is 0 Å². The van der Waals surface area contributed by atoms with E-state index in [-0.39, 0.29) is 23.4 Å². The SMILES string of the molecule is CC(C)[C@@]1(C)[C@@H](OC(=O)/C=C/c2ccccc2)[C@H]2C[C@@H](C)C[C@H]2CC(C)(C)[C@@H]1O. The molecule has 1 aromatic carbocycles. The molecule has 2 aliphatic carbocycles. The minimum Gasteiger partial charge on any atom is -0.458 e. The first-order valence-corrected chi connectivity index (χ1v) is 11.2. The van der Waals surface area contributed by atoms with Crippen molar-refractivity contribution in [2.75, 3.05) is 0 Å². The zero-order valence-corrected chi connectivity index (χ0v) is 18.9. The molecule has 160 valence electrons. The highest BCUT2D eigenvalue weighted by Crippen LogP contribution is 2.57. The summed E-state index contributed by atoms with van der Waals surface area (Å²) in [6.07, 6.45) is 5.75. The monoisotopic (exact) mass is 398 g/mol. The Morgan fingerprint density at radius 3 is 2.45 bits per heavy atom. The van der Waals surface area contributed by atoms with E-state index in [1.807, 2.05) is 30.3 Å². The molecule has 2 fully saturated rings. The lowest BCUT2D eigenvalue weighted by molar-refractivity contribution is -0.175. The fourth-order valence-electron chi connectivity index (χ4n) is 6.05. The van der Waals surface area contributed by atoms with Crippen LogP contribution in [0.3, 0.4) is 0 Å². The van der Waals surface area contributed by atoms with Gasteiger partial charge >= 0.3 is 5.97 Å². The molecule has 3 heteroatoms. The van der Waals surface area contributed by atoms with E-state index in [2.05, 4.69) is 41.5 Å². The number of esters is 1. The Labute approximate surface area is 176 Å². The van der Waals surface area contributed by atoms with Crippen molar-refractivity contribution in [3.05, 3.63) is 42.0 Å². The quantitative estimate of drug-likeness (QED) is 0.521. The molecule has 2 aliphatic rings. The molecule has 3 rings (SSSR count). The number of aliphatic hydroxyl groups excluding tert-OH is 1. The summed E-state index contributed by atoms with van der Waals surface area (Å²) in [6, 6.07) is 9.80. The molecule has 6 atom stereocenters. The molecular formula is C26H38O3. The molecule has 0 heterocycles. The third-order valence-corrected chi connectivity index (χ3v) is 7.80. The highest BCUT2D eigenvalue weighted by atomic mass is 16.5. The van der Waals surface area contributed by atoms with E-state index in [1.165, 1.54) is 6.08 Å². The number of benzene rings is 1. The minimum absolute atomic E-state index is 0.197. The summed E-state index contributed by atoms with van der Waals surface area (Å²) in [4.78, 5) is 12.9. The first-order valence-electron chi connectivity index (χ1n) is 11.2. The number of carbonyl (C=O) groups is 1. The van der Waals surface area contributed by atoms with Gasteiger partial charge in [0, 0.05) is 11.5 Å². The van der Waals surface area contributed by atoms with Crippen molar-refractivity contribution >= 4 is 12.0 Å². The zero-order chi connectivity index (χ0) is 21.4. The molecule has 0 aliphatic heterocycles. The van der Waals surface area contributed by atoms with E-state index in [1.54, 1.807) is 6.08 Å². The van der Waals surface area contributed by atoms with Crippen molar-refractivity contribution in [2.45, 2.75) is 73.0 Å². The number of ether oxygens (including phenoxy) is 1. The van der Waals surface area contributed by atoms with Crippen molar-refractivity contribution in [3.63, 3.8) is 0 Å². The third kappa shape index (κ3) is 4.30. The van der Waals surface area contributed by atoms with Crippen LogP contribution in [0.25, 0.3) is 6.08 Å². The van der Waals surface area contributed by atoms with Gasteiger partial charge in [0.15, 0.2) is 0 Å². The van der Waals surface area contributed by atoms with Gasteiger partial charge < -0.3 is 9.84 Å². The second kappa shape index (κ2) is 8.26. The van der Waals surface area contributed by atoms with Gasteiger partial charge in [-0.15, -0.1) is 0 Å². The molecular weight excluding hydrogens is 360 g/mol. The summed E-state index contributed by atoms with van der Waals surface area (Å²) in [5.74, 6) is 1.32. The Morgan fingerprint density at radius 2 is 1.83 bits per heavy atom. The van der Waals surface area contributed by atoms with Gasteiger partial charge in [-0.05, 0) is 60.0 Å². The fraction of sp³-hybridized carbons (Fsp3) is 0.654. The predicted molar refractivity (Wildman–Crippen MR) is 118 cm³/mol. The van der Waals surface area contributed by atoms with Crippen LogP contribution < -0.4 is 0 Å². The Balaban J connectivity index is 1.93. The van der Waals surface area contributed by atoms with E-state index in [0.29, 0.717) is 17.8 Å². The van der Waals surface area contributed by atoms with Gasteiger partial charge in [0.2, 0.25) is 0 Å². The maximum Gasteiger partial charge on any atom is 0.331 e. The largest absolute Gasteiger partial charge is 0.458 e. The minimum atomic E-state index is -0.521. The topological polar surface area (TPSA) is 46.5 Å². The van der Waals surface area contributed by atoms with Crippen LogP contribution in [0.2, 0.25) is 0 Å². The van der Waals surface area contributed by atoms with Gasteiger partial charge in [0.05, 0.1) is 6.10 Å². The normalized spacial score (nSPS) is 36.8. The van der Waals surface area contributed by atoms with E-state index in [0.717, 1.165) is 24.8 Å². The lowest BCUT2D eigenvalue weighted by Gasteiger charge is -2.48. The molecule has 0 unspecified atom stereocenters. The number of hydrogen-bond acceptors (Lipinski definition) is 3. The fourth-order valence-corrected chi connectivity index (χ4v) is 6.05. The summed E-state index contributed by atoms with van der Waals surface area (Å²) in [6.45, 7) is 13.1. The molecule has 0 bridgehead atoms. The first kappa shape index (κ1) is 22.1. The van der Waals surface area contributed by atoms with E-state index in [9.17, 15) is 9.90 Å². The number of aliphatic hydroxyl groups is 1. The molecule has 3 nitrogen and oxygen atoms in total. The smallest absolute Gasteiger partial charge is 0.331 e. The summed E-state index contributed by atoms with van der Waals surface area (Å²) in [5.41, 5.74) is 0.293. The number of fused-ring (bicyclic) bond motifs is 1. The summed E-state index contributed by atoms with van der Waals surface area (Å²) in [5, 5.41) is 11.5. The van der Waals surface area contributed by atoms with E-state index < -0.39 is 11.5 Å². The molecule has 0 saturated heterocycles. The van der Waals surface area contributed by atoms with Crippen molar-refractivity contribution in [3.8, 4) is 0 Å². The van der Waals surface area contributed by atoms with Crippen molar-refractivity contribution < 1.29 is 14.6 Å². The van der Waals surface area contributed by atoms with Crippen molar-refractivity contribution in [2.24, 2.45) is 34.5 Å². The molecule has 0 spiro atoms. The standard InChI is InChI=1S/C26H38O3/c1-17(2)26(6)23(29-22(27)13-12-19-10-8-7-9-11-19)21-15-18(3)14-20(21)16-25(4,5)24(26)28/h7-13,17-18,20-21,23-24,28H,14-16H2,1-6H3/b13-12+/t18-,20-,21-,23-,24-,26-/m0/s1. The van der Waals surface area contributed by atoms with Gasteiger partial charge in [0.25, 0.3) is 0 Å². The maximum absolute atomic E-state index is 12.9. The Kier molecular flexibility index (Phi) is 6.29. The number of carbonyl (C=O) groups excluding carboxylic acids is 1. The second-order valence-electron chi connectivity index (χ2n) is 10.7. The van der Waals surface area contributed by atoms with Crippen molar-refractivity contribution in [1.82, 2.24) is 0 Å². The molecule has 0 amide bonds. The highest BCUT2D eigenvalue weighted by molar-refractivity contribution is 5.87. The zero-order valence-electron chi connectivity index (χ0n) is 18.9.